The summed E-state index contributed by atoms with van der Waals surface area (Å²) in [7, 11) is 0. The van der Waals surface area contributed by atoms with Crippen LogP contribution in [0.5, 0.6) is 0 Å². The van der Waals surface area contributed by atoms with Crippen molar-refractivity contribution in [3.63, 3.8) is 0 Å². The number of benzene rings is 1. The Morgan fingerprint density at radius 2 is 1.21 bits per heavy atom. The summed E-state index contributed by atoms with van der Waals surface area (Å²) in [6.45, 7) is 6.72. The SMILES string of the molecule is CC[C@@H](C)NC(=O)COC(=O)c1cccc(C(=O)OCC(=O)N[C@@H](C)CC)c1. The number of ether oxygens (including phenoxy) is 2. The van der Waals surface area contributed by atoms with E-state index in [-0.39, 0.29) is 23.2 Å². The quantitative estimate of drug-likeness (QED) is 0.588. The number of hydrogen-bond acceptors (Lipinski definition) is 6. The van der Waals surface area contributed by atoms with Gasteiger partial charge in [-0.05, 0) is 44.9 Å². The summed E-state index contributed by atoms with van der Waals surface area (Å²) in [4.78, 5) is 47.5. The smallest absolute Gasteiger partial charge is 0.338 e. The van der Waals surface area contributed by atoms with Gasteiger partial charge in [-0.1, -0.05) is 19.9 Å². The van der Waals surface area contributed by atoms with Crippen molar-refractivity contribution in [2.75, 3.05) is 13.2 Å². The van der Waals surface area contributed by atoms with Crippen LogP contribution in [0.15, 0.2) is 24.3 Å². The van der Waals surface area contributed by atoms with E-state index in [1.54, 1.807) is 0 Å². The zero-order valence-corrected chi connectivity index (χ0v) is 16.7. The van der Waals surface area contributed by atoms with Crippen molar-refractivity contribution in [1.82, 2.24) is 10.6 Å². The first-order chi connectivity index (χ1) is 13.3. The lowest BCUT2D eigenvalue weighted by Crippen LogP contribution is -2.35. The van der Waals surface area contributed by atoms with Crippen molar-refractivity contribution >= 4 is 23.8 Å². The van der Waals surface area contributed by atoms with E-state index >= 15 is 0 Å². The van der Waals surface area contributed by atoms with Crippen LogP contribution in [0.3, 0.4) is 0 Å². The van der Waals surface area contributed by atoms with E-state index < -0.39 is 37.0 Å². The minimum atomic E-state index is -0.733. The average molecular weight is 392 g/mol. The van der Waals surface area contributed by atoms with Gasteiger partial charge in [0.05, 0.1) is 11.1 Å². The van der Waals surface area contributed by atoms with Crippen LogP contribution in [-0.2, 0) is 19.1 Å². The van der Waals surface area contributed by atoms with Crippen molar-refractivity contribution < 1.29 is 28.7 Å². The van der Waals surface area contributed by atoms with Crippen molar-refractivity contribution in [2.45, 2.75) is 52.6 Å². The van der Waals surface area contributed by atoms with Crippen molar-refractivity contribution in [1.29, 1.82) is 0 Å². The molecule has 1 rings (SSSR count). The molecule has 0 aliphatic rings. The summed E-state index contributed by atoms with van der Waals surface area (Å²) in [5.41, 5.74) is 0.213. The first-order valence-corrected chi connectivity index (χ1v) is 9.29. The van der Waals surface area contributed by atoms with E-state index in [1.165, 1.54) is 24.3 Å². The van der Waals surface area contributed by atoms with Crippen LogP contribution >= 0.6 is 0 Å². The lowest BCUT2D eigenvalue weighted by Gasteiger charge is -2.12. The fraction of sp³-hybridized carbons (Fsp3) is 0.500. The maximum atomic E-state index is 12.1. The second-order valence-corrected chi connectivity index (χ2v) is 6.49. The third-order valence-corrected chi connectivity index (χ3v) is 4.04. The highest BCUT2D eigenvalue weighted by molar-refractivity contribution is 5.96. The maximum absolute atomic E-state index is 12.1. The Morgan fingerprint density at radius 3 is 1.57 bits per heavy atom. The van der Waals surface area contributed by atoms with Crippen LogP contribution in [0.25, 0.3) is 0 Å². The van der Waals surface area contributed by atoms with Gasteiger partial charge < -0.3 is 20.1 Å². The molecular formula is C20H28N2O6. The van der Waals surface area contributed by atoms with Crippen molar-refractivity contribution in [3.05, 3.63) is 35.4 Å². The number of rotatable bonds is 10. The van der Waals surface area contributed by atoms with E-state index in [2.05, 4.69) is 10.6 Å². The summed E-state index contributed by atoms with van der Waals surface area (Å²) in [5.74, 6) is -2.26. The molecule has 1 aromatic carbocycles. The molecule has 0 radical (unpaired) electrons. The fourth-order valence-electron chi connectivity index (χ4n) is 2.04. The van der Waals surface area contributed by atoms with E-state index in [0.717, 1.165) is 12.8 Å². The number of carbonyl (C=O) groups is 4. The minimum Gasteiger partial charge on any atom is -0.452 e. The van der Waals surface area contributed by atoms with Crippen LogP contribution < -0.4 is 10.6 Å². The molecule has 1 aromatic rings. The minimum absolute atomic E-state index is 0.0122. The monoisotopic (exact) mass is 392 g/mol. The Balaban J connectivity index is 2.58. The Bertz CT molecular complexity index is 648. The topological polar surface area (TPSA) is 111 Å². The predicted octanol–water partition coefficient (Wildman–Crippen LogP) is 1.83. The van der Waals surface area contributed by atoms with Gasteiger partial charge in [0.15, 0.2) is 13.2 Å². The van der Waals surface area contributed by atoms with Gasteiger partial charge >= 0.3 is 11.9 Å². The second kappa shape index (κ2) is 11.7. The Hall–Kier alpha value is -2.90. The number of nitrogens with one attached hydrogen (secondary N) is 2. The molecule has 0 heterocycles. The standard InChI is InChI=1S/C20H28N2O6/c1-5-13(3)21-17(23)11-27-19(25)15-8-7-9-16(10-15)20(26)28-12-18(24)22-14(4)6-2/h7-10,13-14H,5-6,11-12H2,1-4H3,(H,21,23)(H,22,24)/t13-,14+. The molecule has 0 aromatic heterocycles. The van der Waals surface area contributed by atoms with E-state index in [9.17, 15) is 19.2 Å². The van der Waals surface area contributed by atoms with Gasteiger partial charge in [-0.2, -0.15) is 0 Å². The predicted molar refractivity (Wildman–Crippen MR) is 103 cm³/mol. The molecule has 154 valence electrons. The highest BCUT2D eigenvalue weighted by Gasteiger charge is 2.16. The molecule has 0 bridgehead atoms. The molecule has 28 heavy (non-hydrogen) atoms. The van der Waals surface area contributed by atoms with Crippen molar-refractivity contribution in [2.24, 2.45) is 0 Å². The van der Waals surface area contributed by atoms with Crippen LogP contribution in [-0.4, -0.2) is 49.1 Å². The molecule has 0 aliphatic carbocycles. The fourth-order valence-corrected chi connectivity index (χ4v) is 2.04. The lowest BCUT2D eigenvalue weighted by atomic mass is 10.1. The Morgan fingerprint density at radius 1 is 0.821 bits per heavy atom. The van der Waals surface area contributed by atoms with E-state index in [0.29, 0.717) is 0 Å². The van der Waals surface area contributed by atoms with Crippen molar-refractivity contribution in [3.8, 4) is 0 Å². The summed E-state index contributed by atoms with van der Waals surface area (Å²) in [5, 5.41) is 5.37. The van der Waals surface area contributed by atoms with Gasteiger partial charge in [0, 0.05) is 12.1 Å². The molecule has 2 N–H and O–H groups in total. The van der Waals surface area contributed by atoms with Gasteiger partial charge in [-0.3, -0.25) is 9.59 Å². The van der Waals surface area contributed by atoms with Crippen LogP contribution in [0.1, 0.15) is 61.3 Å². The first-order valence-electron chi connectivity index (χ1n) is 9.29. The number of amides is 2. The highest BCUT2D eigenvalue weighted by atomic mass is 16.5. The summed E-state index contributed by atoms with van der Waals surface area (Å²) in [6, 6.07) is 5.68. The normalized spacial score (nSPS) is 12.4. The largest absolute Gasteiger partial charge is 0.452 e. The summed E-state index contributed by atoms with van der Waals surface area (Å²) in [6.07, 6.45) is 1.53. The zero-order chi connectivity index (χ0) is 21.1. The molecule has 0 saturated carbocycles. The van der Waals surface area contributed by atoms with E-state index in [1.807, 2.05) is 27.7 Å². The zero-order valence-electron chi connectivity index (χ0n) is 16.7. The molecule has 0 fully saturated rings. The molecule has 8 heteroatoms. The van der Waals surface area contributed by atoms with Gasteiger partial charge in [0.1, 0.15) is 0 Å². The first kappa shape index (κ1) is 23.1. The lowest BCUT2D eigenvalue weighted by molar-refractivity contribution is -0.125. The molecule has 0 saturated heterocycles. The summed E-state index contributed by atoms with van der Waals surface area (Å²) >= 11 is 0. The molecule has 0 aliphatic heterocycles. The average Bonchev–Trinajstić information content (AvgIpc) is 2.69. The van der Waals surface area contributed by atoms with Gasteiger partial charge in [-0.25, -0.2) is 9.59 Å². The maximum Gasteiger partial charge on any atom is 0.338 e. The molecule has 2 atom stereocenters. The van der Waals surface area contributed by atoms with Crippen LogP contribution in [0.2, 0.25) is 0 Å². The highest BCUT2D eigenvalue weighted by Crippen LogP contribution is 2.08. The molecular weight excluding hydrogens is 364 g/mol. The second-order valence-electron chi connectivity index (χ2n) is 6.49. The van der Waals surface area contributed by atoms with Crippen LogP contribution in [0, 0.1) is 0 Å². The van der Waals surface area contributed by atoms with Gasteiger partial charge in [0.2, 0.25) is 0 Å². The number of carbonyl (C=O) groups excluding carboxylic acids is 4. The molecule has 2 amide bonds. The van der Waals surface area contributed by atoms with Crippen LogP contribution in [0.4, 0.5) is 0 Å². The molecule has 0 unspecified atom stereocenters. The summed E-state index contributed by atoms with van der Waals surface area (Å²) < 4.78 is 9.91. The third-order valence-electron chi connectivity index (χ3n) is 4.04. The van der Waals surface area contributed by atoms with Gasteiger partial charge in [-0.15, -0.1) is 0 Å². The number of hydrogen-bond donors (Lipinski definition) is 2. The Labute approximate surface area is 165 Å². The van der Waals surface area contributed by atoms with E-state index in [4.69, 9.17) is 9.47 Å². The van der Waals surface area contributed by atoms with Gasteiger partial charge in [0.25, 0.3) is 11.8 Å². The molecule has 0 spiro atoms. The third kappa shape index (κ3) is 8.20. The number of esters is 2. The Kier molecular flexibility index (Phi) is 9.70. The molecule has 8 nitrogen and oxygen atoms in total.